The number of alkyl halides is 2. The molecule has 1 aliphatic carbocycles. The minimum Gasteiger partial charge on any atom is -0.691 e. The molecule has 2 aromatic rings. The average Bonchev–Trinajstić information content (AvgIpc) is 2.97. The molecule has 0 saturated carbocycles. The summed E-state index contributed by atoms with van der Waals surface area (Å²) < 4.78 is 40.2. The number of ether oxygens (including phenoxy) is 2. The van der Waals surface area contributed by atoms with Crippen molar-refractivity contribution in [2.45, 2.75) is 11.4 Å². The summed E-state index contributed by atoms with van der Waals surface area (Å²) >= 11 is -0.732. The third-order valence-corrected chi connectivity index (χ3v) is 4.28. The van der Waals surface area contributed by atoms with Crippen LogP contribution in [0.4, 0.5) is 8.78 Å². The molecule has 9 heteroatoms. The van der Waals surface area contributed by atoms with Crippen molar-refractivity contribution in [3.63, 3.8) is 0 Å². The van der Waals surface area contributed by atoms with Crippen molar-refractivity contribution in [2.75, 3.05) is 13.2 Å². The Morgan fingerprint density at radius 1 is 1.04 bits per heavy atom. The van der Waals surface area contributed by atoms with Crippen LogP contribution in [0.1, 0.15) is 17.2 Å². The van der Waals surface area contributed by atoms with Crippen molar-refractivity contribution >= 4 is 18.0 Å². The lowest BCUT2D eigenvalue weighted by atomic mass is 10.1. The molecule has 0 unspecified atom stereocenters. The van der Waals surface area contributed by atoms with Crippen molar-refractivity contribution in [1.82, 2.24) is 0 Å². The molecular weight excluding hydrogens is 370 g/mol. The summed E-state index contributed by atoms with van der Waals surface area (Å²) in [5.74, 6) is -1.85. The second-order valence-electron chi connectivity index (χ2n) is 5.30. The van der Waals surface area contributed by atoms with Crippen LogP contribution in [0.5, 0.6) is 0 Å². The SMILES string of the molecule is O=C(OCCOC1c2ccccc2-c2ccccc21)C(F)(F)SOO[O-]. The topological polar surface area (TPSA) is 77.1 Å². The number of carbonyl (C=O) groups excluding carboxylic acids is 1. The average molecular weight is 383 g/mol. The Kier molecular flexibility index (Phi) is 5.84. The first-order valence-electron chi connectivity index (χ1n) is 7.54. The van der Waals surface area contributed by atoms with Gasteiger partial charge in [-0.15, -0.1) is 0 Å². The molecule has 0 aromatic heterocycles. The molecule has 26 heavy (non-hydrogen) atoms. The lowest BCUT2D eigenvalue weighted by Crippen LogP contribution is -2.29. The molecule has 0 atom stereocenters. The molecular formula is C17H13F2O6S-. The van der Waals surface area contributed by atoms with E-state index in [0.29, 0.717) is 0 Å². The van der Waals surface area contributed by atoms with Gasteiger partial charge in [-0.2, -0.15) is 13.1 Å². The van der Waals surface area contributed by atoms with Gasteiger partial charge < -0.3 is 14.7 Å². The van der Waals surface area contributed by atoms with Gasteiger partial charge in [-0.05, 0) is 22.3 Å². The van der Waals surface area contributed by atoms with Gasteiger partial charge >= 0.3 is 11.2 Å². The van der Waals surface area contributed by atoms with Gasteiger partial charge in [0.15, 0.2) is 0 Å². The van der Waals surface area contributed by atoms with Crippen LogP contribution >= 0.6 is 12.0 Å². The van der Waals surface area contributed by atoms with E-state index < -0.39 is 23.3 Å². The number of benzene rings is 2. The molecule has 3 rings (SSSR count). The van der Waals surface area contributed by atoms with Crippen molar-refractivity contribution < 1.29 is 37.7 Å². The van der Waals surface area contributed by atoms with E-state index in [1.807, 2.05) is 48.5 Å². The predicted octanol–water partition coefficient (Wildman–Crippen LogP) is 2.78. The highest BCUT2D eigenvalue weighted by atomic mass is 32.2. The van der Waals surface area contributed by atoms with Crippen LogP contribution in [0, 0.1) is 0 Å². The van der Waals surface area contributed by atoms with E-state index in [9.17, 15) is 18.8 Å². The number of carbonyl (C=O) groups is 1. The van der Waals surface area contributed by atoms with Crippen molar-refractivity contribution in [1.29, 1.82) is 0 Å². The first-order chi connectivity index (χ1) is 12.5. The summed E-state index contributed by atoms with van der Waals surface area (Å²) in [7, 11) is 0. The van der Waals surface area contributed by atoms with Gasteiger partial charge in [-0.25, -0.2) is 4.79 Å². The number of fused-ring (bicyclic) bond motifs is 3. The Morgan fingerprint density at radius 2 is 1.62 bits per heavy atom. The van der Waals surface area contributed by atoms with Gasteiger partial charge in [0.05, 0.1) is 6.61 Å². The summed E-state index contributed by atoms with van der Waals surface area (Å²) in [6.07, 6.45) is -0.367. The first kappa shape index (κ1) is 18.7. The molecule has 0 radical (unpaired) electrons. The standard InChI is InChI=1S/C17H14F2O6S/c18-17(19,26-25-24-21)16(20)23-10-9-22-15-13-7-3-1-5-11(13)12-6-2-4-8-14(12)15/h1-8,15,21H,9-10H2/p-1. The fourth-order valence-corrected chi connectivity index (χ4v) is 3.00. The lowest BCUT2D eigenvalue weighted by molar-refractivity contribution is -0.777. The van der Waals surface area contributed by atoms with E-state index >= 15 is 0 Å². The highest BCUT2D eigenvalue weighted by molar-refractivity contribution is 7.96. The number of esters is 1. The summed E-state index contributed by atoms with van der Waals surface area (Å²) in [5, 5.41) is 8.29. The van der Waals surface area contributed by atoms with Crippen molar-refractivity contribution in [3.05, 3.63) is 59.7 Å². The maximum Gasteiger partial charge on any atom is 0.415 e. The fourth-order valence-electron chi connectivity index (χ4n) is 2.76. The normalized spacial score (nSPS) is 13.3. The third-order valence-electron chi connectivity index (χ3n) is 3.78. The van der Waals surface area contributed by atoms with E-state index in [-0.39, 0.29) is 19.3 Å². The van der Waals surface area contributed by atoms with Crippen LogP contribution in [-0.2, 0) is 23.6 Å². The smallest absolute Gasteiger partial charge is 0.415 e. The quantitative estimate of drug-likeness (QED) is 0.228. The zero-order chi connectivity index (χ0) is 18.6. The number of rotatable bonds is 8. The summed E-state index contributed by atoms with van der Waals surface area (Å²) in [6, 6.07) is 15.4. The predicted molar refractivity (Wildman–Crippen MR) is 85.3 cm³/mol. The Balaban J connectivity index is 1.58. The van der Waals surface area contributed by atoms with Crippen LogP contribution in [-0.4, -0.2) is 24.4 Å². The molecule has 2 aromatic carbocycles. The van der Waals surface area contributed by atoms with Crippen LogP contribution in [0.25, 0.3) is 11.1 Å². The molecule has 0 spiro atoms. The highest BCUT2D eigenvalue weighted by Gasteiger charge is 2.43. The van der Waals surface area contributed by atoms with Crippen molar-refractivity contribution in [2.24, 2.45) is 0 Å². The Bertz CT molecular complexity index is 740. The van der Waals surface area contributed by atoms with Crippen molar-refractivity contribution in [3.8, 4) is 11.1 Å². The van der Waals surface area contributed by atoms with E-state index in [1.165, 1.54) is 0 Å². The Hall–Kier alpha value is -2.04. The maximum absolute atomic E-state index is 13.2. The summed E-state index contributed by atoms with van der Waals surface area (Å²) in [5.41, 5.74) is 4.01. The monoisotopic (exact) mass is 383 g/mol. The molecule has 6 nitrogen and oxygen atoms in total. The molecule has 0 bridgehead atoms. The van der Waals surface area contributed by atoms with E-state index in [2.05, 4.69) is 14.1 Å². The molecule has 0 aliphatic heterocycles. The fraction of sp³-hybridized carbons (Fsp3) is 0.235. The third kappa shape index (κ3) is 3.87. The molecule has 138 valence electrons. The molecule has 1 aliphatic rings. The van der Waals surface area contributed by atoms with E-state index in [4.69, 9.17) is 4.74 Å². The maximum atomic E-state index is 13.2. The van der Waals surface area contributed by atoms with Gasteiger partial charge in [0.2, 0.25) is 0 Å². The number of hydrogen-bond acceptors (Lipinski definition) is 7. The molecule has 0 fully saturated rings. The number of hydrogen-bond donors (Lipinski definition) is 0. The second kappa shape index (κ2) is 8.11. The Labute approximate surface area is 151 Å². The summed E-state index contributed by atoms with van der Waals surface area (Å²) in [6.45, 7) is -0.465. The zero-order valence-corrected chi connectivity index (χ0v) is 14.0. The van der Waals surface area contributed by atoms with Crippen LogP contribution in [0.2, 0.25) is 0 Å². The van der Waals surface area contributed by atoms with Gasteiger partial charge in [0.25, 0.3) is 0 Å². The molecule has 0 N–H and O–H groups in total. The molecule has 0 heterocycles. The minimum absolute atomic E-state index is 0.0846. The van der Waals surface area contributed by atoms with E-state index in [0.717, 1.165) is 22.3 Å². The largest absolute Gasteiger partial charge is 0.691 e. The molecule has 0 saturated heterocycles. The Morgan fingerprint density at radius 3 is 2.19 bits per heavy atom. The van der Waals surface area contributed by atoms with Crippen LogP contribution < -0.4 is 5.26 Å². The van der Waals surface area contributed by atoms with Gasteiger partial charge in [0, 0.05) is 0 Å². The summed E-state index contributed by atoms with van der Waals surface area (Å²) in [4.78, 5) is 11.3. The van der Waals surface area contributed by atoms with E-state index in [1.54, 1.807) is 0 Å². The first-order valence-corrected chi connectivity index (χ1v) is 8.28. The number of halogens is 2. The molecule has 0 amide bonds. The zero-order valence-electron chi connectivity index (χ0n) is 13.2. The minimum atomic E-state index is -4.06. The second-order valence-corrected chi connectivity index (χ2v) is 6.11. The lowest BCUT2D eigenvalue weighted by Gasteiger charge is -2.16. The van der Waals surface area contributed by atoms with Gasteiger partial charge in [-0.1, -0.05) is 48.5 Å². The van der Waals surface area contributed by atoms with Gasteiger partial charge in [-0.3, -0.25) is 5.04 Å². The van der Waals surface area contributed by atoms with Gasteiger partial charge in [0.1, 0.15) is 24.8 Å². The van der Waals surface area contributed by atoms with Crippen LogP contribution in [0.3, 0.4) is 0 Å². The highest BCUT2D eigenvalue weighted by Crippen LogP contribution is 2.44. The van der Waals surface area contributed by atoms with Crippen LogP contribution in [0.15, 0.2) is 48.5 Å².